The largest absolute Gasteiger partial charge is 0.497 e. The average Bonchev–Trinajstić information content (AvgIpc) is 2.82. The third kappa shape index (κ3) is 10.7. The van der Waals surface area contributed by atoms with Crippen molar-refractivity contribution in [2.75, 3.05) is 25.2 Å². The van der Waals surface area contributed by atoms with Crippen molar-refractivity contribution in [1.29, 1.82) is 0 Å². The number of aliphatic hydroxyl groups is 1. The first kappa shape index (κ1) is 27.8. The van der Waals surface area contributed by atoms with Crippen LogP contribution in [0.5, 0.6) is 5.75 Å². The molecule has 0 fully saturated rings. The Kier molecular flexibility index (Phi) is 11.5. The standard InChI is InChI=1S/C26H38N2O5S/c1-20(2)12-14-34(31,32)15-13-26(30)28-24(17-21-8-5-4-6-9-21)25(29)19-27-18-22-10-7-11-23(16-22)33-3/h4-11,16,20,24-25,27,29H,12-15,17-19H2,1-3H3,(H,28,30). The number of benzene rings is 2. The van der Waals surface area contributed by atoms with Gasteiger partial charge in [-0.25, -0.2) is 8.42 Å². The molecule has 2 rings (SSSR count). The minimum absolute atomic E-state index is 0.0855. The predicted molar refractivity (Wildman–Crippen MR) is 136 cm³/mol. The van der Waals surface area contributed by atoms with Gasteiger partial charge in [0.15, 0.2) is 9.84 Å². The van der Waals surface area contributed by atoms with Gasteiger partial charge in [0.2, 0.25) is 5.91 Å². The summed E-state index contributed by atoms with van der Waals surface area (Å²) in [5.41, 5.74) is 1.99. The number of ether oxygens (including phenoxy) is 1. The van der Waals surface area contributed by atoms with E-state index in [0.717, 1.165) is 16.9 Å². The molecular formula is C26H38N2O5S. The van der Waals surface area contributed by atoms with Crippen molar-refractivity contribution in [2.24, 2.45) is 5.92 Å². The third-order valence-corrected chi connectivity index (χ3v) is 7.26. The molecule has 7 nitrogen and oxygen atoms in total. The maximum Gasteiger partial charge on any atom is 0.221 e. The zero-order valence-electron chi connectivity index (χ0n) is 20.4. The van der Waals surface area contributed by atoms with E-state index in [-0.39, 0.29) is 30.4 Å². The Morgan fingerprint density at radius 3 is 2.41 bits per heavy atom. The number of carbonyl (C=O) groups excluding carboxylic acids is 1. The van der Waals surface area contributed by atoms with Crippen LogP contribution in [0.3, 0.4) is 0 Å². The highest BCUT2D eigenvalue weighted by Gasteiger charge is 2.23. The quantitative estimate of drug-likeness (QED) is 0.355. The normalized spacial score (nSPS) is 13.4. The molecule has 3 N–H and O–H groups in total. The molecular weight excluding hydrogens is 452 g/mol. The number of amides is 1. The van der Waals surface area contributed by atoms with Crippen LogP contribution in [0.1, 0.15) is 37.8 Å². The second kappa shape index (κ2) is 14.1. The number of sulfone groups is 1. The lowest BCUT2D eigenvalue weighted by Gasteiger charge is -2.25. The maximum atomic E-state index is 12.6. The monoisotopic (exact) mass is 490 g/mol. The van der Waals surface area contributed by atoms with Crippen LogP contribution in [0, 0.1) is 5.92 Å². The molecule has 188 valence electrons. The van der Waals surface area contributed by atoms with Crippen molar-refractivity contribution >= 4 is 15.7 Å². The molecule has 0 aliphatic heterocycles. The van der Waals surface area contributed by atoms with Gasteiger partial charge in [-0.1, -0.05) is 56.3 Å². The van der Waals surface area contributed by atoms with E-state index >= 15 is 0 Å². The van der Waals surface area contributed by atoms with Crippen LogP contribution >= 0.6 is 0 Å². The van der Waals surface area contributed by atoms with E-state index in [9.17, 15) is 18.3 Å². The molecule has 2 unspecified atom stereocenters. The molecule has 8 heteroatoms. The predicted octanol–water partition coefficient (Wildman–Crippen LogP) is 2.72. The second-order valence-corrected chi connectivity index (χ2v) is 11.3. The molecule has 1 amide bonds. The summed E-state index contributed by atoms with van der Waals surface area (Å²) in [7, 11) is -1.67. The molecule has 2 atom stereocenters. The Hall–Kier alpha value is -2.42. The van der Waals surface area contributed by atoms with Crippen molar-refractivity contribution in [3.8, 4) is 5.75 Å². The van der Waals surface area contributed by atoms with Crippen LogP contribution < -0.4 is 15.4 Å². The van der Waals surface area contributed by atoms with Crippen molar-refractivity contribution in [2.45, 2.75) is 51.8 Å². The number of nitrogens with one attached hydrogen (secondary N) is 2. The number of carbonyl (C=O) groups is 1. The molecule has 0 aliphatic rings. The molecule has 0 heterocycles. The summed E-state index contributed by atoms with van der Waals surface area (Å²) in [4.78, 5) is 12.6. The van der Waals surface area contributed by atoms with E-state index in [0.29, 0.717) is 25.3 Å². The molecule has 0 aliphatic carbocycles. The van der Waals surface area contributed by atoms with Gasteiger partial charge in [0.25, 0.3) is 0 Å². The number of hydrogen-bond acceptors (Lipinski definition) is 6. The molecule has 0 radical (unpaired) electrons. The summed E-state index contributed by atoms with van der Waals surface area (Å²) in [5, 5.41) is 16.9. The van der Waals surface area contributed by atoms with Crippen LogP contribution in [0.4, 0.5) is 0 Å². The topological polar surface area (TPSA) is 105 Å². The van der Waals surface area contributed by atoms with Crippen molar-refractivity contribution in [3.05, 3.63) is 65.7 Å². The van der Waals surface area contributed by atoms with E-state index in [1.807, 2.05) is 68.4 Å². The molecule has 0 saturated heterocycles. The zero-order valence-corrected chi connectivity index (χ0v) is 21.2. The smallest absolute Gasteiger partial charge is 0.221 e. The molecule has 0 spiro atoms. The van der Waals surface area contributed by atoms with E-state index in [1.165, 1.54) is 0 Å². The summed E-state index contributed by atoms with van der Waals surface area (Å²) in [6.45, 7) is 4.75. The Morgan fingerprint density at radius 2 is 1.74 bits per heavy atom. The summed E-state index contributed by atoms with van der Waals surface area (Å²) in [6, 6.07) is 16.7. The summed E-state index contributed by atoms with van der Waals surface area (Å²) < 4.78 is 29.7. The summed E-state index contributed by atoms with van der Waals surface area (Å²) in [6.07, 6.45) is 0.0510. The summed E-state index contributed by atoms with van der Waals surface area (Å²) >= 11 is 0. The van der Waals surface area contributed by atoms with E-state index in [4.69, 9.17) is 4.74 Å². The first-order chi connectivity index (χ1) is 16.2. The fourth-order valence-corrected chi connectivity index (χ4v) is 5.02. The second-order valence-electron chi connectivity index (χ2n) is 9.00. The first-order valence-corrected chi connectivity index (χ1v) is 13.6. The highest BCUT2D eigenvalue weighted by atomic mass is 32.2. The molecule has 0 saturated carbocycles. The molecule has 2 aromatic rings. The van der Waals surface area contributed by atoms with Crippen LogP contribution in [-0.2, 0) is 27.6 Å². The van der Waals surface area contributed by atoms with E-state index in [1.54, 1.807) is 7.11 Å². The lowest BCUT2D eigenvalue weighted by Crippen LogP contribution is -2.49. The van der Waals surface area contributed by atoms with Gasteiger partial charge in [-0.05, 0) is 42.0 Å². The Bertz CT molecular complexity index is 980. The summed E-state index contributed by atoms with van der Waals surface area (Å²) in [5.74, 6) is 0.576. The van der Waals surface area contributed by atoms with Crippen molar-refractivity contribution in [3.63, 3.8) is 0 Å². The third-order valence-electron chi connectivity index (χ3n) is 5.57. The van der Waals surface area contributed by atoms with Crippen LogP contribution in [0.2, 0.25) is 0 Å². The van der Waals surface area contributed by atoms with Crippen molar-refractivity contribution in [1.82, 2.24) is 10.6 Å². The zero-order chi connectivity index (χ0) is 25.0. The highest BCUT2D eigenvalue weighted by Crippen LogP contribution is 2.13. The minimum atomic E-state index is -3.28. The lowest BCUT2D eigenvalue weighted by molar-refractivity contribution is -0.122. The Balaban J connectivity index is 1.94. The van der Waals surface area contributed by atoms with Crippen molar-refractivity contribution < 1.29 is 23.1 Å². The van der Waals surface area contributed by atoms with Crippen LogP contribution in [-0.4, -0.2) is 56.7 Å². The maximum absolute atomic E-state index is 12.6. The lowest BCUT2D eigenvalue weighted by atomic mass is 10.0. The number of rotatable bonds is 15. The highest BCUT2D eigenvalue weighted by molar-refractivity contribution is 7.91. The fraction of sp³-hybridized carbons (Fsp3) is 0.500. The van der Waals surface area contributed by atoms with Crippen LogP contribution in [0.25, 0.3) is 0 Å². The van der Waals surface area contributed by atoms with Gasteiger partial charge in [-0.3, -0.25) is 4.79 Å². The first-order valence-electron chi connectivity index (χ1n) is 11.7. The van der Waals surface area contributed by atoms with Gasteiger partial charge in [0.05, 0.1) is 30.8 Å². The van der Waals surface area contributed by atoms with Gasteiger partial charge >= 0.3 is 0 Å². The van der Waals surface area contributed by atoms with Gasteiger partial charge in [0, 0.05) is 19.5 Å². The van der Waals surface area contributed by atoms with Gasteiger partial charge < -0.3 is 20.5 Å². The fourth-order valence-electron chi connectivity index (χ4n) is 3.48. The Morgan fingerprint density at radius 1 is 1.03 bits per heavy atom. The van der Waals surface area contributed by atoms with Crippen LogP contribution in [0.15, 0.2) is 54.6 Å². The molecule has 34 heavy (non-hydrogen) atoms. The average molecular weight is 491 g/mol. The minimum Gasteiger partial charge on any atom is -0.497 e. The van der Waals surface area contributed by atoms with Gasteiger partial charge in [-0.2, -0.15) is 0 Å². The Labute approximate surface area is 203 Å². The van der Waals surface area contributed by atoms with E-state index in [2.05, 4.69) is 10.6 Å². The number of methoxy groups -OCH3 is 1. The number of hydrogen-bond donors (Lipinski definition) is 3. The van der Waals surface area contributed by atoms with Gasteiger partial charge in [-0.15, -0.1) is 0 Å². The number of aliphatic hydroxyl groups excluding tert-OH is 1. The molecule has 0 bridgehead atoms. The van der Waals surface area contributed by atoms with E-state index < -0.39 is 22.0 Å². The van der Waals surface area contributed by atoms with Gasteiger partial charge in [0.1, 0.15) is 5.75 Å². The molecule has 0 aromatic heterocycles. The SMILES string of the molecule is COc1cccc(CNCC(O)C(Cc2ccccc2)NC(=O)CCS(=O)(=O)CCC(C)C)c1. The molecule has 2 aromatic carbocycles.